The number of amidine groups is 1. The number of nitrogens with one attached hydrogen (secondary N) is 3. The van der Waals surface area contributed by atoms with Crippen molar-refractivity contribution in [3.8, 4) is 0 Å². The Labute approximate surface area is 205 Å². The standard InChI is InChI=1S/C26H32N6OS/c1-3-4-5-19-8-12-21(13-9-19)27-24(33)17-34-26-29-28-25-23-16-22(20-10-6-18(2)7-11-20)30-32(23)15-14-31(25)26/h6-15,22-23,25,28,30H,3-5,16-17H2,1-2H3,(H,27,33). The van der Waals surface area contributed by atoms with E-state index in [0.29, 0.717) is 5.75 Å². The van der Waals surface area contributed by atoms with Gasteiger partial charge in [-0.3, -0.25) is 10.2 Å². The number of thioether (sulfide) groups is 1. The first kappa shape index (κ1) is 22.8. The lowest BCUT2D eigenvalue weighted by Crippen LogP contribution is -2.54. The van der Waals surface area contributed by atoms with Gasteiger partial charge in [-0.1, -0.05) is 67.1 Å². The average molecular weight is 477 g/mol. The van der Waals surface area contributed by atoms with E-state index in [9.17, 15) is 4.79 Å². The van der Waals surface area contributed by atoms with E-state index < -0.39 is 0 Å². The van der Waals surface area contributed by atoms with Crippen molar-refractivity contribution >= 4 is 28.5 Å². The van der Waals surface area contributed by atoms with E-state index in [0.717, 1.165) is 23.7 Å². The van der Waals surface area contributed by atoms with Gasteiger partial charge in [-0.25, -0.2) is 5.43 Å². The van der Waals surface area contributed by atoms with Crippen molar-refractivity contribution in [3.63, 3.8) is 0 Å². The number of hydrazone groups is 1. The molecule has 2 aromatic carbocycles. The van der Waals surface area contributed by atoms with Crippen LogP contribution in [0.25, 0.3) is 0 Å². The summed E-state index contributed by atoms with van der Waals surface area (Å²) in [5.74, 6) is 0.287. The lowest BCUT2D eigenvalue weighted by atomic mass is 9.99. The number of hydrogen-bond donors (Lipinski definition) is 3. The van der Waals surface area contributed by atoms with Crippen LogP contribution in [-0.4, -0.2) is 38.9 Å². The molecular weight excluding hydrogens is 444 g/mol. The number of carbonyl (C=O) groups excluding carboxylic acids is 1. The Hall–Kier alpha value is -2.97. The molecule has 0 saturated carbocycles. The van der Waals surface area contributed by atoms with Gasteiger partial charge in [0, 0.05) is 18.1 Å². The maximum Gasteiger partial charge on any atom is 0.234 e. The number of anilines is 1. The molecule has 34 heavy (non-hydrogen) atoms. The molecule has 1 amide bonds. The highest BCUT2D eigenvalue weighted by molar-refractivity contribution is 8.14. The summed E-state index contributed by atoms with van der Waals surface area (Å²) in [5.41, 5.74) is 11.6. The minimum Gasteiger partial charge on any atom is -0.325 e. The van der Waals surface area contributed by atoms with Crippen LogP contribution in [0, 0.1) is 6.92 Å². The van der Waals surface area contributed by atoms with Crippen LogP contribution in [0.4, 0.5) is 5.69 Å². The summed E-state index contributed by atoms with van der Waals surface area (Å²) in [4.78, 5) is 14.7. The van der Waals surface area contributed by atoms with Crippen molar-refractivity contribution in [3.05, 3.63) is 77.6 Å². The molecule has 7 nitrogen and oxygen atoms in total. The van der Waals surface area contributed by atoms with E-state index in [1.54, 1.807) is 0 Å². The third-order valence-electron chi connectivity index (χ3n) is 6.57. The van der Waals surface area contributed by atoms with Crippen molar-refractivity contribution in [2.45, 2.75) is 57.8 Å². The van der Waals surface area contributed by atoms with Gasteiger partial charge in [0.05, 0.1) is 17.8 Å². The van der Waals surface area contributed by atoms with Crippen LogP contribution in [0.1, 0.15) is 48.9 Å². The number of hydrogen-bond acceptors (Lipinski definition) is 7. The predicted octanol–water partition coefficient (Wildman–Crippen LogP) is 4.32. The summed E-state index contributed by atoms with van der Waals surface area (Å²) in [7, 11) is 0. The van der Waals surface area contributed by atoms with Crippen LogP contribution in [0.5, 0.6) is 0 Å². The lowest BCUT2D eigenvalue weighted by Gasteiger charge is -2.36. The van der Waals surface area contributed by atoms with Crippen LogP contribution < -0.4 is 16.2 Å². The number of rotatable bonds is 7. The summed E-state index contributed by atoms with van der Waals surface area (Å²) < 4.78 is 0. The molecule has 3 aliphatic heterocycles. The summed E-state index contributed by atoms with van der Waals surface area (Å²) in [6, 6.07) is 17.4. The first-order valence-electron chi connectivity index (χ1n) is 12.0. The van der Waals surface area contributed by atoms with Crippen molar-refractivity contribution in [1.82, 2.24) is 20.8 Å². The number of unbranched alkanes of at least 4 members (excludes halogenated alkanes) is 1. The van der Waals surface area contributed by atoms with E-state index in [1.165, 1.54) is 41.3 Å². The van der Waals surface area contributed by atoms with Crippen molar-refractivity contribution in [2.75, 3.05) is 11.1 Å². The largest absolute Gasteiger partial charge is 0.325 e. The maximum absolute atomic E-state index is 12.5. The molecule has 8 heteroatoms. The van der Waals surface area contributed by atoms with Gasteiger partial charge in [0.15, 0.2) is 5.17 Å². The number of fused-ring (bicyclic) bond motifs is 3. The molecule has 3 unspecified atom stereocenters. The fourth-order valence-corrected chi connectivity index (χ4v) is 5.40. The quantitative estimate of drug-likeness (QED) is 0.553. The molecule has 3 N–H and O–H groups in total. The second-order valence-corrected chi connectivity index (χ2v) is 10.1. The van der Waals surface area contributed by atoms with Gasteiger partial charge in [0.1, 0.15) is 6.17 Å². The summed E-state index contributed by atoms with van der Waals surface area (Å²) >= 11 is 1.46. The van der Waals surface area contributed by atoms with Gasteiger partial charge in [0.2, 0.25) is 5.91 Å². The van der Waals surface area contributed by atoms with E-state index in [4.69, 9.17) is 0 Å². The summed E-state index contributed by atoms with van der Waals surface area (Å²) in [6.07, 6.45) is 8.58. The molecule has 0 aromatic heterocycles. The van der Waals surface area contributed by atoms with Crippen LogP contribution in [-0.2, 0) is 11.2 Å². The number of benzene rings is 2. The number of nitrogens with zero attached hydrogens (tertiary/aromatic N) is 3. The predicted molar refractivity (Wildman–Crippen MR) is 139 cm³/mol. The van der Waals surface area contributed by atoms with Crippen LogP contribution in [0.2, 0.25) is 0 Å². The van der Waals surface area contributed by atoms with Gasteiger partial charge >= 0.3 is 0 Å². The summed E-state index contributed by atoms with van der Waals surface area (Å²) in [6.45, 7) is 4.31. The normalized spacial score (nSPS) is 22.8. The highest BCUT2D eigenvalue weighted by Gasteiger charge is 2.44. The lowest BCUT2D eigenvalue weighted by molar-refractivity contribution is -0.113. The molecule has 0 radical (unpaired) electrons. The van der Waals surface area contributed by atoms with Crippen LogP contribution in [0.3, 0.4) is 0 Å². The molecule has 1 saturated heterocycles. The third kappa shape index (κ3) is 4.93. The number of hydrazine groups is 1. The topological polar surface area (TPSA) is 72.0 Å². The highest BCUT2D eigenvalue weighted by Crippen LogP contribution is 2.35. The Morgan fingerprint density at radius 2 is 1.94 bits per heavy atom. The zero-order chi connectivity index (χ0) is 23.5. The zero-order valence-electron chi connectivity index (χ0n) is 19.7. The van der Waals surface area contributed by atoms with Crippen molar-refractivity contribution in [1.29, 1.82) is 0 Å². The SMILES string of the molecule is CCCCc1ccc(NC(=O)CSC2=NNC3C4CC(c5ccc(C)cc5)NN4C=CN23)cc1. The molecule has 5 rings (SSSR count). The first-order valence-corrected chi connectivity index (χ1v) is 13.0. The Balaban J connectivity index is 1.13. The monoisotopic (exact) mass is 476 g/mol. The molecule has 0 spiro atoms. The average Bonchev–Trinajstić information content (AvgIpc) is 3.47. The van der Waals surface area contributed by atoms with Gasteiger partial charge in [-0.05, 0) is 49.4 Å². The van der Waals surface area contributed by atoms with Crippen LogP contribution >= 0.6 is 11.8 Å². The smallest absolute Gasteiger partial charge is 0.234 e. The second-order valence-electron chi connectivity index (χ2n) is 9.11. The third-order valence-corrected chi connectivity index (χ3v) is 7.54. The van der Waals surface area contributed by atoms with E-state index in [1.807, 2.05) is 18.3 Å². The van der Waals surface area contributed by atoms with E-state index in [2.05, 4.69) is 87.6 Å². The number of aryl methyl sites for hydroxylation is 2. The molecule has 1 fully saturated rings. The fourth-order valence-electron chi connectivity index (χ4n) is 4.63. The van der Waals surface area contributed by atoms with E-state index >= 15 is 0 Å². The van der Waals surface area contributed by atoms with E-state index in [-0.39, 0.29) is 24.2 Å². The Morgan fingerprint density at radius 1 is 1.15 bits per heavy atom. The van der Waals surface area contributed by atoms with Crippen LogP contribution in [0.15, 0.2) is 66.0 Å². The Kier molecular flexibility index (Phi) is 6.78. The van der Waals surface area contributed by atoms with Crippen molar-refractivity contribution in [2.24, 2.45) is 5.10 Å². The molecule has 0 aliphatic carbocycles. The summed E-state index contributed by atoms with van der Waals surface area (Å²) in [5, 5.41) is 10.5. The minimum atomic E-state index is -0.0259. The molecule has 3 heterocycles. The number of carbonyl (C=O) groups is 1. The molecule has 178 valence electrons. The minimum absolute atomic E-state index is 0.0259. The Morgan fingerprint density at radius 3 is 2.71 bits per heavy atom. The second kappa shape index (κ2) is 10.1. The highest BCUT2D eigenvalue weighted by atomic mass is 32.2. The zero-order valence-corrected chi connectivity index (χ0v) is 20.5. The van der Waals surface area contributed by atoms with Gasteiger partial charge < -0.3 is 15.2 Å². The van der Waals surface area contributed by atoms with Crippen molar-refractivity contribution < 1.29 is 4.79 Å². The maximum atomic E-state index is 12.5. The molecule has 0 bridgehead atoms. The Bertz CT molecular complexity index is 1070. The molecule has 2 aromatic rings. The van der Waals surface area contributed by atoms with Gasteiger partial charge in [0.25, 0.3) is 0 Å². The van der Waals surface area contributed by atoms with Gasteiger partial charge in [-0.2, -0.15) is 5.10 Å². The number of amides is 1. The fraction of sp³-hybridized carbons (Fsp3) is 0.385. The molecule has 3 aliphatic rings. The first-order chi connectivity index (χ1) is 16.6. The van der Waals surface area contributed by atoms with Gasteiger partial charge in [-0.15, -0.1) is 0 Å². The molecular formula is C26H32N6OS. The molecule has 3 atom stereocenters.